The minimum Gasteiger partial charge on any atom is -0.171 e. The fourth-order valence-corrected chi connectivity index (χ4v) is 1.67. The lowest BCUT2D eigenvalue weighted by atomic mass is 10.2. The molecule has 68 valence electrons. The lowest BCUT2D eigenvalue weighted by Crippen LogP contribution is -2.06. The minimum atomic E-state index is -4.00. The zero-order valence-corrected chi connectivity index (χ0v) is 7.21. The second kappa shape index (κ2) is 3.94. The summed E-state index contributed by atoms with van der Waals surface area (Å²) in [5, 5.41) is 1.88. The minimum absolute atomic E-state index is 0.198. The molecule has 0 bridgehead atoms. The number of hydrogen-bond acceptors (Lipinski definition) is 1. The lowest BCUT2D eigenvalue weighted by molar-refractivity contribution is -0.135. The summed E-state index contributed by atoms with van der Waals surface area (Å²) in [6.45, 7) is 0. The molecule has 12 heavy (non-hydrogen) atoms. The van der Waals surface area contributed by atoms with Crippen LogP contribution in [0.1, 0.15) is 17.7 Å². The van der Waals surface area contributed by atoms with Crippen LogP contribution in [-0.2, 0) is 6.42 Å². The van der Waals surface area contributed by atoms with Crippen molar-refractivity contribution >= 4 is 11.3 Å². The van der Waals surface area contributed by atoms with Gasteiger partial charge in [-0.2, -0.15) is 13.2 Å². The average molecular weight is 194 g/mol. The van der Waals surface area contributed by atoms with Crippen molar-refractivity contribution in [2.45, 2.75) is 25.4 Å². The van der Waals surface area contributed by atoms with Crippen molar-refractivity contribution in [1.82, 2.24) is 0 Å². The third kappa shape index (κ3) is 3.76. The standard InChI is InChI=1S/C8H9F3S/c9-8(10,11)5-1-3-7-4-2-6-12-7/h2,4,6H,1,3,5H2. The second-order valence-corrected chi connectivity index (χ2v) is 3.58. The number of thiophene rings is 1. The Hall–Kier alpha value is -0.510. The molecule has 0 spiro atoms. The van der Waals surface area contributed by atoms with Crippen molar-refractivity contribution in [3.63, 3.8) is 0 Å². The van der Waals surface area contributed by atoms with E-state index in [-0.39, 0.29) is 6.42 Å². The first kappa shape index (κ1) is 9.58. The van der Waals surface area contributed by atoms with E-state index in [1.807, 2.05) is 17.5 Å². The number of alkyl halides is 3. The Balaban J connectivity index is 2.20. The van der Waals surface area contributed by atoms with Crippen molar-refractivity contribution in [1.29, 1.82) is 0 Å². The highest BCUT2D eigenvalue weighted by atomic mass is 32.1. The molecule has 0 N–H and O–H groups in total. The Morgan fingerprint density at radius 3 is 2.58 bits per heavy atom. The molecule has 0 fully saturated rings. The smallest absolute Gasteiger partial charge is 0.171 e. The highest BCUT2D eigenvalue weighted by Crippen LogP contribution is 2.23. The van der Waals surface area contributed by atoms with Gasteiger partial charge < -0.3 is 0 Å². The topological polar surface area (TPSA) is 0 Å². The number of rotatable bonds is 3. The van der Waals surface area contributed by atoms with E-state index in [4.69, 9.17) is 0 Å². The molecule has 0 saturated carbocycles. The van der Waals surface area contributed by atoms with E-state index in [0.29, 0.717) is 6.42 Å². The normalized spacial score (nSPS) is 11.9. The van der Waals surface area contributed by atoms with Gasteiger partial charge in [0, 0.05) is 11.3 Å². The third-order valence-corrected chi connectivity index (χ3v) is 2.40. The summed E-state index contributed by atoms with van der Waals surface area (Å²) in [5.74, 6) is 0. The molecule has 0 radical (unpaired) electrons. The van der Waals surface area contributed by atoms with E-state index >= 15 is 0 Å². The lowest BCUT2D eigenvalue weighted by Gasteiger charge is -2.03. The van der Waals surface area contributed by atoms with Gasteiger partial charge in [-0.15, -0.1) is 11.3 Å². The van der Waals surface area contributed by atoms with Crippen LogP contribution in [0, 0.1) is 0 Å². The molecule has 0 aliphatic heterocycles. The van der Waals surface area contributed by atoms with Crippen LogP contribution in [0.15, 0.2) is 17.5 Å². The van der Waals surface area contributed by atoms with Gasteiger partial charge in [0.15, 0.2) is 0 Å². The molecule has 0 nitrogen and oxygen atoms in total. The molecule has 0 aliphatic rings. The van der Waals surface area contributed by atoms with Gasteiger partial charge >= 0.3 is 6.18 Å². The Labute approximate surface area is 73.0 Å². The predicted molar refractivity (Wildman–Crippen MR) is 43.3 cm³/mol. The van der Waals surface area contributed by atoms with Crippen LogP contribution in [0.25, 0.3) is 0 Å². The Morgan fingerprint density at radius 2 is 2.08 bits per heavy atom. The molecular weight excluding hydrogens is 185 g/mol. The summed E-state index contributed by atoms with van der Waals surface area (Å²) < 4.78 is 35.1. The summed E-state index contributed by atoms with van der Waals surface area (Å²) in [6.07, 6.45) is -3.94. The van der Waals surface area contributed by atoms with E-state index in [1.165, 1.54) is 11.3 Å². The number of hydrogen-bond donors (Lipinski definition) is 0. The molecule has 0 unspecified atom stereocenters. The van der Waals surface area contributed by atoms with E-state index in [9.17, 15) is 13.2 Å². The molecule has 1 heterocycles. The summed E-state index contributed by atoms with van der Waals surface area (Å²) in [5.41, 5.74) is 0. The molecule has 0 aromatic carbocycles. The highest BCUT2D eigenvalue weighted by Gasteiger charge is 2.25. The van der Waals surface area contributed by atoms with Gasteiger partial charge in [-0.25, -0.2) is 0 Å². The number of halogens is 3. The van der Waals surface area contributed by atoms with Crippen LogP contribution in [0.4, 0.5) is 13.2 Å². The van der Waals surface area contributed by atoms with Crippen LogP contribution in [0.2, 0.25) is 0 Å². The van der Waals surface area contributed by atoms with Crippen LogP contribution in [0.3, 0.4) is 0 Å². The van der Waals surface area contributed by atoms with Gasteiger partial charge in [-0.1, -0.05) is 6.07 Å². The Kier molecular flexibility index (Phi) is 3.14. The quantitative estimate of drug-likeness (QED) is 0.689. The summed E-state index contributed by atoms with van der Waals surface area (Å²) in [7, 11) is 0. The third-order valence-electron chi connectivity index (χ3n) is 1.46. The van der Waals surface area contributed by atoms with Gasteiger partial charge in [0.05, 0.1) is 0 Å². The van der Waals surface area contributed by atoms with Crippen LogP contribution in [-0.4, -0.2) is 6.18 Å². The predicted octanol–water partition coefficient (Wildman–Crippen LogP) is 3.63. The second-order valence-electron chi connectivity index (χ2n) is 2.55. The molecule has 1 rings (SSSR count). The molecule has 0 saturated heterocycles. The van der Waals surface area contributed by atoms with Crippen molar-refractivity contribution in [3.8, 4) is 0 Å². The SMILES string of the molecule is FC(F)(F)CCCc1cccs1. The van der Waals surface area contributed by atoms with E-state index in [1.54, 1.807) is 0 Å². The molecule has 0 atom stereocenters. The van der Waals surface area contributed by atoms with E-state index in [2.05, 4.69) is 0 Å². The van der Waals surface area contributed by atoms with Gasteiger partial charge in [0.2, 0.25) is 0 Å². The van der Waals surface area contributed by atoms with Crippen molar-refractivity contribution in [3.05, 3.63) is 22.4 Å². The summed E-state index contributed by atoms with van der Waals surface area (Å²) in [4.78, 5) is 1.03. The maximum atomic E-state index is 11.7. The van der Waals surface area contributed by atoms with E-state index < -0.39 is 12.6 Å². The van der Waals surface area contributed by atoms with Gasteiger partial charge in [-0.3, -0.25) is 0 Å². The molecular formula is C8H9F3S. The zero-order chi connectivity index (χ0) is 9.03. The monoisotopic (exact) mass is 194 g/mol. The maximum absolute atomic E-state index is 11.7. The average Bonchev–Trinajstić information content (AvgIpc) is 2.36. The first-order valence-corrected chi connectivity index (χ1v) is 4.55. The van der Waals surface area contributed by atoms with E-state index in [0.717, 1.165) is 4.88 Å². The Morgan fingerprint density at radius 1 is 1.33 bits per heavy atom. The fourth-order valence-electron chi connectivity index (χ4n) is 0.918. The number of aryl methyl sites for hydroxylation is 1. The van der Waals surface area contributed by atoms with Crippen LogP contribution in [0.5, 0.6) is 0 Å². The Bertz CT molecular complexity index is 213. The van der Waals surface area contributed by atoms with Crippen LogP contribution >= 0.6 is 11.3 Å². The van der Waals surface area contributed by atoms with Gasteiger partial charge in [0.1, 0.15) is 0 Å². The molecule has 4 heteroatoms. The van der Waals surface area contributed by atoms with Crippen molar-refractivity contribution < 1.29 is 13.2 Å². The largest absolute Gasteiger partial charge is 0.389 e. The zero-order valence-electron chi connectivity index (χ0n) is 6.40. The van der Waals surface area contributed by atoms with Crippen molar-refractivity contribution in [2.75, 3.05) is 0 Å². The van der Waals surface area contributed by atoms with Crippen LogP contribution < -0.4 is 0 Å². The summed E-state index contributed by atoms with van der Waals surface area (Å²) in [6, 6.07) is 3.72. The molecule has 1 aromatic heterocycles. The van der Waals surface area contributed by atoms with Gasteiger partial charge in [0.25, 0.3) is 0 Å². The fraction of sp³-hybridized carbons (Fsp3) is 0.500. The highest BCUT2D eigenvalue weighted by molar-refractivity contribution is 7.09. The van der Waals surface area contributed by atoms with Crippen molar-refractivity contribution in [2.24, 2.45) is 0 Å². The first-order valence-electron chi connectivity index (χ1n) is 3.67. The van der Waals surface area contributed by atoms with Gasteiger partial charge in [-0.05, 0) is 24.3 Å². The molecule has 0 amide bonds. The summed E-state index contributed by atoms with van der Waals surface area (Å²) >= 11 is 1.51. The molecule has 1 aromatic rings. The first-order chi connectivity index (χ1) is 5.58. The maximum Gasteiger partial charge on any atom is 0.389 e. The molecule has 0 aliphatic carbocycles.